The van der Waals surface area contributed by atoms with Crippen molar-refractivity contribution in [2.45, 2.75) is 0 Å². The predicted octanol–water partition coefficient (Wildman–Crippen LogP) is 7.15. The number of rotatable bonds is 5. The van der Waals surface area contributed by atoms with Gasteiger partial charge in [-0.1, -0.05) is 40.9 Å². The Hall–Kier alpha value is -3.10. The van der Waals surface area contributed by atoms with Gasteiger partial charge in [0.1, 0.15) is 4.88 Å². The highest BCUT2D eigenvalue weighted by Crippen LogP contribution is 2.37. The highest BCUT2D eigenvalue weighted by atomic mass is 35.5. The number of amides is 2. The summed E-state index contributed by atoms with van der Waals surface area (Å²) >= 11 is 19.5. The number of ether oxygens (including phenoxy) is 1. The zero-order valence-electron chi connectivity index (χ0n) is 17.4. The molecule has 0 spiro atoms. The van der Waals surface area contributed by atoms with Crippen molar-refractivity contribution in [3.63, 3.8) is 0 Å². The van der Waals surface area contributed by atoms with E-state index in [2.05, 4.69) is 10.6 Å². The van der Waals surface area contributed by atoms with Crippen LogP contribution in [0.3, 0.4) is 0 Å². The number of hydrogen-bond acceptors (Lipinski definition) is 5. The zero-order chi connectivity index (χ0) is 24.4. The van der Waals surface area contributed by atoms with Crippen molar-refractivity contribution >= 4 is 85.4 Å². The van der Waals surface area contributed by atoms with Gasteiger partial charge in [-0.2, -0.15) is 0 Å². The van der Waals surface area contributed by atoms with Crippen LogP contribution in [0.1, 0.15) is 30.4 Å². The third kappa shape index (κ3) is 5.03. The van der Waals surface area contributed by atoms with E-state index in [1.807, 2.05) is 0 Å². The van der Waals surface area contributed by atoms with E-state index < -0.39 is 17.8 Å². The molecule has 4 aromatic rings. The van der Waals surface area contributed by atoms with Gasteiger partial charge >= 0.3 is 5.97 Å². The van der Waals surface area contributed by atoms with Gasteiger partial charge in [0.2, 0.25) is 0 Å². The summed E-state index contributed by atoms with van der Waals surface area (Å²) < 4.78 is 5.50. The van der Waals surface area contributed by atoms with Gasteiger partial charge < -0.3 is 15.4 Å². The molecule has 0 aliphatic carbocycles. The third-order valence-corrected chi connectivity index (χ3v) is 6.98. The maximum Gasteiger partial charge on any atom is 0.337 e. The molecule has 3 aromatic carbocycles. The lowest BCUT2D eigenvalue weighted by molar-refractivity contribution is 0.0600. The van der Waals surface area contributed by atoms with E-state index in [4.69, 9.17) is 39.5 Å². The minimum atomic E-state index is -0.616. The lowest BCUT2D eigenvalue weighted by atomic mass is 10.1. The SMILES string of the molecule is COC(=O)c1ccc(C(=O)Nc2ccc(Cl)cc2)c(NC(=O)c2sc3cc(Cl)ccc3c2Cl)c1. The fourth-order valence-electron chi connectivity index (χ4n) is 3.19. The molecule has 2 amide bonds. The number of halogens is 3. The van der Waals surface area contributed by atoms with Crippen molar-refractivity contribution in [1.82, 2.24) is 0 Å². The molecular weight excluding hydrogens is 519 g/mol. The molecule has 34 heavy (non-hydrogen) atoms. The quantitative estimate of drug-likeness (QED) is 0.267. The molecule has 0 fully saturated rings. The van der Waals surface area contributed by atoms with E-state index in [-0.39, 0.29) is 26.7 Å². The normalized spacial score (nSPS) is 10.7. The van der Waals surface area contributed by atoms with Gasteiger partial charge in [0, 0.05) is 25.8 Å². The molecule has 0 bridgehead atoms. The summed E-state index contributed by atoms with van der Waals surface area (Å²) in [5, 5.41) is 7.44. The number of benzene rings is 3. The molecule has 0 saturated heterocycles. The Morgan fingerprint density at radius 3 is 2.24 bits per heavy atom. The fourth-order valence-corrected chi connectivity index (χ4v) is 5.00. The minimum Gasteiger partial charge on any atom is -0.465 e. The van der Waals surface area contributed by atoms with Crippen molar-refractivity contribution in [3.8, 4) is 0 Å². The van der Waals surface area contributed by atoms with E-state index in [9.17, 15) is 14.4 Å². The van der Waals surface area contributed by atoms with Crippen molar-refractivity contribution in [2.75, 3.05) is 17.7 Å². The average Bonchev–Trinajstić information content (AvgIpc) is 3.15. The van der Waals surface area contributed by atoms with Crippen molar-refractivity contribution in [1.29, 1.82) is 0 Å². The van der Waals surface area contributed by atoms with Gasteiger partial charge in [0.25, 0.3) is 11.8 Å². The molecule has 0 aliphatic rings. The second kappa shape index (κ2) is 10.0. The zero-order valence-corrected chi connectivity index (χ0v) is 20.5. The topological polar surface area (TPSA) is 84.5 Å². The van der Waals surface area contributed by atoms with Crippen LogP contribution < -0.4 is 10.6 Å². The van der Waals surface area contributed by atoms with Gasteiger partial charge in [-0.15, -0.1) is 11.3 Å². The molecule has 6 nitrogen and oxygen atoms in total. The first-order valence-electron chi connectivity index (χ1n) is 9.75. The summed E-state index contributed by atoms with van der Waals surface area (Å²) in [7, 11) is 1.24. The average molecular weight is 534 g/mol. The molecule has 2 N–H and O–H groups in total. The third-order valence-electron chi connectivity index (χ3n) is 4.83. The highest BCUT2D eigenvalue weighted by molar-refractivity contribution is 7.21. The van der Waals surface area contributed by atoms with Crippen LogP contribution in [0.2, 0.25) is 15.1 Å². The molecule has 1 heterocycles. The van der Waals surface area contributed by atoms with Crippen molar-refractivity contribution in [2.24, 2.45) is 0 Å². The Kier molecular flexibility index (Phi) is 7.09. The van der Waals surface area contributed by atoms with Gasteiger partial charge in [0.05, 0.1) is 28.9 Å². The molecule has 10 heteroatoms. The lowest BCUT2D eigenvalue weighted by Crippen LogP contribution is -2.19. The molecular formula is C24H15Cl3N2O4S. The van der Waals surface area contributed by atoms with Gasteiger partial charge in [0.15, 0.2) is 0 Å². The van der Waals surface area contributed by atoms with Crippen LogP contribution >= 0.6 is 46.1 Å². The Morgan fingerprint density at radius 2 is 1.53 bits per heavy atom. The van der Waals surface area contributed by atoms with E-state index in [1.165, 1.54) is 36.6 Å². The van der Waals surface area contributed by atoms with Crippen LogP contribution in [0.4, 0.5) is 11.4 Å². The maximum absolute atomic E-state index is 13.1. The second-order valence-corrected chi connectivity index (χ2v) is 9.36. The number of nitrogens with one attached hydrogen (secondary N) is 2. The molecule has 0 aliphatic heterocycles. The molecule has 1 aromatic heterocycles. The van der Waals surface area contributed by atoms with Crippen LogP contribution in [-0.4, -0.2) is 24.9 Å². The van der Waals surface area contributed by atoms with Gasteiger partial charge in [-0.25, -0.2) is 4.79 Å². The summed E-state index contributed by atoms with van der Waals surface area (Å²) in [5.41, 5.74) is 0.922. The summed E-state index contributed by atoms with van der Waals surface area (Å²) in [6.45, 7) is 0. The first-order chi connectivity index (χ1) is 16.3. The van der Waals surface area contributed by atoms with Crippen LogP contribution in [0.15, 0.2) is 60.7 Å². The van der Waals surface area contributed by atoms with Crippen LogP contribution in [0.25, 0.3) is 10.1 Å². The summed E-state index contributed by atoms with van der Waals surface area (Å²) in [6, 6.07) is 15.9. The summed E-state index contributed by atoms with van der Waals surface area (Å²) in [4.78, 5) is 38.4. The van der Waals surface area contributed by atoms with Crippen LogP contribution in [0, 0.1) is 0 Å². The Morgan fingerprint density at radius 1 is 0.824 bits per heavy atom. The second-order valence-electron chi connectivity index (χ2n) is 7.05. The Labute approximate surface area is 213 Å². The predicted molar refractivity (Wildman–Crippen MR) is 137 cm³/mol. The lowest BCUT2D eigenvalue weighted by Gasteiger charge is -2.13. The van der Waals surface area contributed by atoms with E-state index >= 15 is 0 Å². The first kappa shape index (κ1) is 24.0. The number of esters is 1. The minimum absolute atomic E-state index is 0.117. The summed E-state index contributed by atoms with van der Waals surface area (Å²) in [5.74, 6) is -1.65. The monoisotopic (exact) mass is 532 g/mol. The fraction of sp³-hybridized carbons (Fsp3) is 0.0417. The number of carbonyl (C=O) groups excluding carboxylic acids is 3. The van der Waals surface area contributed by atoms with E-state index in [0.717, 1.165) is 4.70 Å². The molecule has 0 atom stereocenters. The van der Waals surface area contributed by atoms with Gasteiger partial charge in [-0.05, 0) is 54.6 Å². The van der Waals surface area contributed by atoms with Crippen molar-refractivity contribution < 1.29 is 19.1 Å². The summed E-state index contributed by atoms with van der Waals surface area (Å²) in [6.07, 6.45) is 0. The van der Waals surface area contributed by atoms with Crippen LogP contribution in [0.5, 0.6) is 0 Å². The molecule has 4 rings (SSSR count). The number of carbonyl (C=O) groups is 3. The first-order valence-corrected chi connectivity index (χ1v) is 11.7. The molecule has 0 unspecified atom stereocenters. The number of hydrogen-bond donors (Lipinski definition) is 2. The molecule has 0 saturated carbocycles. The standard InChI is InChI=1S/C24H15Cl3N2O4S/c1-33-24(32)12-2-8-16(22(30)28-15-6-3-13(25)4-7-15)18(10-12)29-23(31)21-20(27)17-9-5-14(26)11-19(17)34-21/h2-11H,1H3,(H,28,30)(H,29,31). The Bertz CT molecular complexity index is 1430. The highest BCUT2D eigenvalue weighted by Gasteiger charge is 2.21. The molecule has 172 valence electrons. The number of methoxy groups -OCH3 is 1. The van der Waals surface area contributed by atoms with E-state index in [0.29, 0.717) is 21.1 Å². The van der Waals surface area contributed by atoms with E-state index in [1.54, 1.807) is 42.5 Å². The van der Waals surface area contributed by atoms with Gasteiger partial charge in [-0.3, -0.25) is 9.59 Å². The Balaban J connectivity index is 1.69. The van der Waals surface area contributed by atoms with Crippen molar-refractivity contribution in [3.05, 3.63) is 91.7 Å². The largest absolute Gasteiger partial charge is 0.465 e. The van der Waals surface area contributed by atoms with Crippen LogP contribution in [-0.2, 0) is 4.74 Å². The maximum atomic E-state index is 13.1. The molecule has 0 radical (unpaired) electrons. The number of fused-ring (bicyclic) bond motifs is 1. The smallest absolute Gasteiger partial charge is 0.337 e. The number of anilines is 2. The number of thiophene rings is 1.